The first-order valence-electron chi connectivity index (χ1n) is 21.7. The van der Waals surface area contributed by atoms with Gasteiger partial charge in [-0.05, 0) is 138 Å². The van der Waals surface area contributed by atoms with Gasteiger partial charge in [-0.25, -0.2) is 0 Å². The second kappa shape index (κ2) is 15.7. The van der Waals surface area contributed by atoms with Gasteiger partial charge in [-0.1, -0.05) is 133 Å². The second-order valence-corrected chi connectivity index (χ2v) is 16.2. The Labute approximate surface area is 371 Å². The van der Waals surface area contributed by atoms with Crippen molar-refractivity contribution in [3.63, 3.8) is 0 Å². The van der Waals surface area contributed by atoms with E-state index in [4.69, 9.17) is 4.42 Å². The van der Waals surface area contributed by atoms with E-state index in [0.717, 1.165) is 72.9 Å². The summed E-state index contributed by atoms with van der Waals surface area (Å²) >= 11 is 0. The van der Waals surface area contributed by atoms with Crippen LogP contribution in [0, 0.1) is 0 Å². The molecule has 0 aliphatic rings. The normalized spacial score (nSPS) is 11.4. The summed E-state index contributed by atoms with van der Waals surface area (Å²) in [5, 5.41) is 4.67. The van der Waals surface area contributed by atoms with Gasteiger partial charge in [-0.3, -0.25) is 0 Å². The molecule has 0 radical (unpaired) electrons. The van der Waals surface area contributed by atoms with Crippen LogP contribution in [0.15, 0.2) is 253 Å². The first-order chi connectivity index (χ1) is 31.7. The third-order valence-electron chi connectivity index (χ3n) is 12.4. The fourth-order valence-corrected chi connectivity index (χ4v) is 9.34. The van der Waals surface area contributed by atoms with Gasteiger partial charge < -0.3 is 18.8 Å². The summed E-state index contributed by atoms with van der Waals surface area (Å²) in [6.45, 7) is 0. The van der Waals surface area contributed by atoms with Gasteiger partial charge in [0, 0.05) is 61.4 Å². The lowest BCUT2D eigenvalue weighted by molar-refractivity contribution is 0.669. The largest absolute Gasteiger partial charge is 0.456 e. The summed E-state index contributed by atoms with van der Waals surface area (Å²) in [5.41, 5.74) is 16.5. The summed E-state index contributed by atoms with van der Waals surface area (Å²) in [6.07, 6.45) is 0. The third kappa shape index (κ3) is 6.57. The van der Waals surface area contributed by atoms with Crippen molar-refractivity contribution in [1.82, 2.24) is 4.57 Å². The van der Waals surface area contributed by atoms with Gasteiger partial charge in [-0.2, -0.15) is 0 Å². The van der Waals surface area contributed by atoms with E-state index >= 15 is 0 Å². The molecule has 0 amide bonds. The van der Waals surface area contributed by atoms with Crippen LogP contribution < -0.4 is 9.80 Å². The maximum atomic E-state index is 6.17. The van der Waals surface area contributed by atoms with E-state index in [9.17, 15) is 0 Å². The second-order valence-electron chi connectivity index (χ2n) is 16.2. The Morgan fingerprint density at radius 2 is 0.719 bits per heavy atom. The van der Waals surface area contributed by atoms with Crippen LogP contribution in [0.1, 0.15) is 0 Å². The zero-order valence-corrected chi connectivity index (χ0v) is 34.9. The zero-order valence-electron chi connectivity index (χ0n) is 34.9. The van der Waals surface area contributed by atoms with Crippen molar-refractivity contribution in [2.24, 2.45) is 0 Å². The van der Waals surface area contributed by atoms with Crippen molar-refractivity contribution < 1.29 is 4.42 Å². The minimum Gasteiger partial charge on any atom is -0.456 e. The Morgan fingerprint density at radius 3 is 1.34 bits per heavy atom. The van der Waals surface area contributed by atoms with E-state index < -0.39 is 0 Å². The molecule has 0 saturated carbocycles. The number of rotatable bonds is 9. The van der Waals surface area contributed by atoms with Crippen molar-refractivity contribution >= 4 is 77.9 Å². The standard InChI is InChI=1S/C60H41N3O/c1-4-17-46(18-5-1)61(51-35-37-58-55(40-51)53-23-10-12-25-57(53)63(58)48-21-8-3-9-22-48)49-31-27-42(28-32-49)44-15-14-16-45(39-44)43-29-33-50(34-30-43)62(47-19-6-2-7-20-47)52-36-38-60-56(41-52)54-24-11-13-26-59(54)64-60/h1-41H. The van der Waals surface area contributed by atoms with Gasteiger partial charge in [0.2, 0.25) is 0 Å². The highest BCUT2D eigenvalue weighted by Crippen LogP contribution is 2.42. The highest BCUT2D eigenvalue weighted by Gasteiger charge is 2.19. The summed E-state index contributed by atoms with van der Waals surface area (Å²) in [7, 11) is 0. The number of hydrogen-bond donors (Lipinski definition) is 0. The number of benzene rings is 10. The molecule has 0 atom stereocenters. The number of aromatic nitrogens is 1. The highest BCUT2D eigenvalue weighted by atomic mass is 16.3. The average Bonchev–Trinajstić information content (AvgIpc) is 3.91. The van der Waals surface area contributed by atoms with Gasteiger partial charge in [-0.15, -0.1) is 0 Å². The Hall–Kier alpha value is -8.60. The molecular weight excluding hydrogens is 779 g/mol. The minimum atomic E-state index is 0.887. The number of nitrogens with zero attached hydrogens (tertiary/aromatic N) is 3. The first-order valence-corrected chi connectivity index (χ1v) is 21.7. The summed E-state index contributed by atoms with van der Waals surface area (Å²) < 4.78 is 8.54. The highest BCUT2D eigenvalue weighted by molar-refractivity contribution is 6.11. The van der Waals surface area contributed by atoms with E-state index in [1.54, 1.807) is 0 Å². The van der Waals surface area contributed by atoms with Crippen LogP contribution in [0.2, 0.25) is 0 Å². The van der Waals surface area contributed by atoms with Crippen LogP contribution in [-0.4, -0.2) is 4.57 Å². The maximum absolute atomic E-state index is 6.17. The van der Waals surface area contributed by atoms with Gasteiger partial charge in [0.25, 0.3) is 0 Å². The zero-order chi connectivity index (χ0) is 42.4. The Bertz CT molecular complexity index is 3590. The van der Waals surface area contributed by atoms with Gasteiger partial charge in [0.15, 0.2) is 0 Å². The van der Waals surface area contributed by atoms with E-state index in [2.05, 4.69) is 251 Å². The summed E-state index contributed by atoms with van der Waals surface area (Å²) in [5.74, 6) is 0. The molecule has 2 heterocycles. The fourth-order valence-electron chi connectivity index (χ4n) is 9.34. The number of hydrogen-bond acceptors (Lipinski definition) is 3. The smallest absolute Gasteiger partial charge is 0.135 e. The molecule has 0 saturated heterocycles. The average molecular weight is 820 g/mol. The van der Waals surface area contributed by atoms with Crippen LogP contribution in [0.4, 0.5) is 34.1 Å². The summed E-state index contributed by atoms with van der Waals surface area (Å²) in [4.78, 5) is 4.66. The molecule has 4 nitrogen and oxygen atoms in total. The van der Waals surface area contributed by atoms with E-state index in [-0.39, 0.29) is 0 Å². The number of para-hydroxylation sites is 5. The van der Waals surface area contributed by atoms with Crippen LogP contribution >= 0.6 is 0 Å². The molecule has 12 aromatic rings. The first kappa shape index (κ1) is 37.2. The Balaban J connectivity index is 0.867. The molecule has 302 valence electrons. The maximum Gasteiger partial charge on any atom is 0.135 e. The van der Waals surface area contributed by atoms with Gasteiger partial charge >= 0.3 is 0 Å². The van der Waals surface area contributed by atoms with Crippen molar-refractivity contribution in [3.05, 3.63) is 249 Å². The molecule has 0 unspecified atom stereocenters. The molecular formula is C60H41N3O. The molecule has 0 bridgehead atoms. The lowest BCUT2D eigenvalue weighted by Crippen LogP contribution is -2.09. The van der Waals surface area contributed by atoms with E-state index in [0.29, 0.717) is 0 Å². The molecule has 0 N–H and O–H groups in total. The predicted octanol–water partition coefficient (Wildman–Crippen LogP) is 17.0. The number of anilines is 6. The molecule has 0 aliphatic carbocycles. The van der Waals surface area contributed by atoms with Gasteiger partial charge in [0.1, 0.15) is 11.2 Å². The minimum absolute atomic E-state index is 0.887. The molecule has 10 aromatic carbocycles. The summed E-state index contributed by atoms with van der Waals surface area (Å²) in [6, 6.07) is 88.8. The number of furan rings is 1. The monoisotopic (exact) mass is 819 g/mol. The SMILES string of the molecule is c1ccc(N(c2ccc(-c3cccc(-c4ccc(N(c5ccccc5)c5ccc6c(c5)c5ccccc5n6-c5ccccc5)cc4)c3)cc2)c2ccc3oc4ccccc4c3c2)cc1. The molecule has 2 aromatic heterocycles. The quantitative estimate of drug-likeness (QED) is 0.145. The lowest BCUT2D eigenvalue weighted by atomic mass is 9.98. The Morgan fingerprint density at radius 1 is 0.266 bits per heavy atom. The lowest BCUT2D eigenvalue weighted by Gasteiger charge is -2.26. The van der Waals surface area contributed by atoms with Crippen molar-refractivity contribution in [2.75, 3.05) is 9.80 Å². The Kier molecular flexibility index (Phi) is 9.12. The fraction of sp³-hybridized carbons (Fsp3) is 0. The van der Waals surface area contributed by atoms with E-state index in [1.165, 1.54) is 32.9 Å². The molecule has 0 aliphatic heterocycles. The topological polar surface area (TPSA) is 24.6 Å². The van der Waals surface area contributed by atoms with Crippen LogP contribution in [0.5, 0.6) is 0 Å². The van der Waals surface area contributed by atoms with Crippen LogP contribution in [0.25, 0.3) is 71.7 Å². The van der Waals surface area contributed by atoms with Crippen molar-refractivity contribution in [1.29, 1.82) is 0 Å². The third-order valence-corrected chi connectivity index (χ3v) is 12.4. The van der Waals surface area contributed by atoms with Crippen LogP contribution in [0.3, 0.4) is 0 Å². The molecule has 0 fully saturated rings. The van der Waals surface area contributed by atoms with E-state index in [1.807, 2.05) is 12.1 Å². The van der Waals surface area contributed by atoms with Crippen molar-refractivity contribution in [3.8, 4) is 27.9 Å². The van der Waals surface area contributed by atoms with Crippen molar-refractivity contribution in [2.45, 2.75) is 0 Å². The predicted molar refractivity (Wildman–Crippen MR) is 268 cm³/mol. The van der Waals surface area contributed by atoms with Gasteiger partial charge in [0.05, 0.1) is 11.0 Å². The molecule has 64 heavy (non-hydrogen) atoms. The van der Waals surface area contributed by atoms with Crippen LogP contribution in [-0.2, 0) is 0 Å². The molecule has 4 heteroatoms. The molecule has 0 spiro atoms. The molecule has 12 rings (SSSR count). The number of fused-ring (bicyclic) bond motifs is 6.